The second kappa shape index (κ2) is 3.46. The summed E-state index contributed by atoms with van der Waals surface area (Å²) in [6, 6.07) is 6.01. The first kappa shape index (κ1) is 9.27. The van der Waals surface area contributed by atoms with Crippen molar-refractivity contribution in [2.45, 2.75) is 6.92 Å². The normalized spacial score (nSPS) is 10.4. The molecule has 4 heteroatoms. The number of hydrogen-bond donors (Lipinski definition) is 1. The number of hydrogen-bond acceptors (Lipinski definition) is 3. The van der Waals surface area contributed by atoms with Gasteiger partial charge >= 0.3 is 0 Å². The maximum Gasteiger partial charge on any atom is 0.229 e. The number of aryl methyl sites for hydroxylation is 1. The van der Waals surface area contributed by atoms with E-state index < -0.39 is 0 Å². The molecule has 0 unspecified atom stereocenters. The van der Waals surface area contributed by atoms with Gasteiger partial charge in [-0.3, -0.25) is 0 Å². The van der Waals surface area contributed by atoms with Gasteiger partial charge in [-0.25, -0.2) is 0 Å². The van der Waals surface area contributed by atoms with Gasteiger partial charge in [-0.05, 0) is 30.2 Å². The molecule has 0 bridgehead atoms. The number of halogens is 1. The molecule has 0 fully saturated rings. The lowest BCUT2D eigenvalue weighted by atomic mass is 10.0. The molecule has 1 aromatic carbocycles. The fourth-order valence-electron chi connectivity index (χ4n) is 1.34. The monoisotopic (exact) mass is 252 g/mol. The molecule has 0 saturated carbocycles. The number of nitrogen functional groups attached to an aromatic ring is 1. The highest BCUT2D eigenvalue weighted by atomic mass is 79.9. The fourth-order valence-corrected chi connectivity index (χ4v) is 1.70. The van der Waals surface area contributed by atoms with Crippen molar-refractivity contribution in [3.8, 4) is 11.1 Å². The summed E-state index contributed by atoms with van der Waals surface area (Å²) < 4.78 is 5.84. The molecule has 3 nitrogen and oxygen atoms in total. The van der Waals surface area contributed by atoms with Crippen LogP contribution in [0.3, 0.4) is 0 Å². The van der Waals surface area contributed by atoms with Crippen LogP contribution in [-0.4, -0.2) is 5.16 Å². The van der Waals surface area contributed by atoms with E-state index >= 15 is 0 Å². The minimum absolute atomic E-state index is 0.353. The summed E-state index contributed by atoms with van der Waals surface area (Å²) in [5.74, 6) is 0.353. The van der Waals surface area contributed by atoms with Crippen molar-refractivity contribution in [1.29, 1.82) is 0 Å². The van der Waals surface area contributed by atoms with Crippen LogP contribution in [0.15, 0.2) is 33.4 Å². The molecule has 0 aliphatic heterocycles. The Kier molecular flexibility index (Phi) is 2.29. The molecule has 72 valence electrons. The van der Waals surface area contributed by atoms with E-state index in [1.807, 2.05) is 25.1 Å². The third-order valence-corrected chi connectivity index (χ3v) is 2.58. The number of aromatic nitrogens is 1. The molecule has 1 heterocycles. The molecule has 14 heavy (non-hydrogen) atoms. The summed E-state index contributed by atoms with van der Waals surface area (Å²) in [4.78, 5) is 0. The molecule has 2 N–H and O–H groups in total. The zero-order valence-electron chi connectivity index (χ0n) is 7.62. The van der Waals surface area contributed by atoms with Crippen LogP contribution in [0.4, 0.5) is 5.88 Å². The van der Waals surface area contributed by atoms with Crippen LogP contribution < -0.4 is 5.73 Å². The van der Waals surface area contributed by atoms with Crippen molar-refractivity contribution in [2.24, 2.45) is 0 Å². The third-order valence-electron chi connectivity index (χ3n) is 2.09. The predicted octanol–water partition coefficient (Wildman–Crippen LogP) is 2.99. The van der Waals surface area contributed by atoms with Crippen molar-refractivity contribution in [3.05, 3.63) is 34.4 Å². The smallest absolute Gasteiger partial charge is 0.229 e. The standard InChI is InChI=1S/C10H9BrN2O/c1-6-2-3-7(11)4-8(6)9-5-13-14-10(9)12/h2-5H,12H2,1H3. The van der Waals surface area contributed by atoms with Gasteiger partial charge in [0.2, 0.25) is 5.88 Å². The van der Waals surface area contributed by atoms with Gasteiger partial charge in [0.1, 0.15) is 0 Å². The second-order valence-electron chi connectivity index (χ2n) is 3.06. The van der Waals surface area contributed by atoms with E-state index in [9.17, 15) is 0 Å². The Morgan fingerprint density at radius 2 is 2.14 bits per heavy atom. The van der Waals surface area contributed by atoms with Crippen molar-refractivity contribution in [1.82, 2.24) is 5.16 Å². The number of benzene rings is 1. The highest BCUT2D eigenvalue weighted by molar-refractivity contribution is 9.10. The fraction of sp³-hybridized carbons (Fsp3) is 0.100. The van der Waals surface area contributed by atoms with Gasteiger partial charge in [-0.1, -0.05) is 27.2 Å². The Hall–Kier alpha value is -1.29. The molecule has 2 aromatic rings. The highest BCUT2D eigenvalue weighted by Crippen LogP contribution is 2.30. The van der Waals surface area contributed by atoms with Crippen LogP contribution in [-0.2, 0) is 0 Å². The Morgan fingerprint density at radius 1 is 1.36 bits per heavy atom. The molecule has 0 aliphatic rings. The Balaban J connectivity index is 2.62. The van der Waals surface area contributed by atoms with Gasteiger partial charge in [0.15, 0.2) is 0 Å². The predicted molar refractivity (Wildman–Crippen MR) is 58.8 cm³/mol. The van der Waals surface area contributed by atoms with Crippen LogP contribution in [0.2, 0.25) is 0 Å². The molecular weight excluding hydrogens is 244 g/mol. The summed E-state index contributed by atoms with van der Waals surface area (Å²) in [5, 5.41) is 3.65. The van der Waals surface area contributed by atoms with E-state index in [-0.39, 0.29) is 0 Å². The minimum Gasteiger partial charge on any atom is -0.367 e. The van der Waals surface area contributed by atoms with Crippen molar-refractivity contribution < 1.29 is 4.52 Å². The van der Waals surface area contributed by atoms with Crippen LogP contribution >= 0.6 is 15.9 Å². The Morgan fingerprint density at radius 3 is 2.79 bits per heavy atom. The van der Waals surface area contributed by atoms with Crippen LogP contribution in [0.1, 0.15) is 5.56 Å². The first-order chi connectivity index (χ1) is 6.68. The zero-order chi connectivity index (χ0) is 10.1. The van der Waals surface area contributed by atoms with Gasteiger partial charge in [0, 0.05) is 4.47 Å². The Labute approximate surface area is 90.0 Å². The lowest BCUT2D eigenvalue weighted by Crippen LogP contribution is -1.87. The highest BCUT2D eigenvalue weighted by Gasteiger charge is 2.09. The van der Waals surface area contributed by atoms with Gasteiger partial charge in [0.05, 0.1) is 11.8 Å². The van der Waals surface area contributed by atoms with Gasteiger partial charge in [0.25, 0.3) is 0 Å². The average Bonchev–Trinajstić information content (AvgIpc) is 2.56. The quantitative estimate of drug-likeness (QED) is 0.849. The molecule has 0 aliphatic carbocycles. The van der Waals surface area contributed by atoms with Gasteiger partial charge < -0.3 is 10.3 Å². The molecule has 0 radical (unpaired) electrons. The number of nitrogens with zero attached hydrogens (tertiary/aromatic N) is 1. The van der Waals surface area contributed by atoms with E-state index in [1.54, 1.807) is 6.20 Å². The second-order valence-corrected chi connectivity index (χ2v) is 3.98. The molecule has 0 saturated heterocycles. The first-order valence-corrected chi connectivity index (χ1v) is 4.94. The molecule has 0 amide bonds. The van der Waals surface area contributed by atoms with Crippen molar-refractivity contribution in [2.75, 3.05) is 5.73 Å². The number of anilines is 1. The summed E-state index contributed by atoms with van der Waals surface area (Å²) in [6.07, 6.45) is 1.63. The van der Waals surface area contributed by atoms with E-state index in [1.165, 1.54) is 0 Å². The zero-order valence-corrected chi connectivity index (χ0v) is 9.21. The maximum absolute atomic E-state index is 5.65. The molecule has 0 atom stereocenters. The summed E-state index contributed by atoms with van der Waals surface area (Å²) in [7, 11) is 0. The average molecular weight is 253 g/mol. The number of rotatable bonds is 1. The lowest BCUT2D eigenvalue weighted by molar-refractivity contribution is 0.436. The summed E-state index contributed by atoms with van der Waals surface area (Å²) in [5.41, 5.74) is 8.67. The molecule has 1 aromatic heterocycles. The molecular formula is C10H9BrN2O. The summed E-state index contributed by atoms with van der Waals surface area (Å²) in [6.45, 7) is 2.02. The lowest BCUT2D eigenvalue weighted by Gasteiger charge is -2.03. The largest absolute Gasteiger partial charge is 0.367 e. The minimum atomic E-state index is 0.353. The van der Waals surface area contributed by atoms with Gasteiger partial charge in [-0.2, -0.15) is 0 Å². The Bertz CT molecular complexity index is 465. The van der Waals surface area contributed by atoms with E-state index in [0.29, 0.717) is 5.88 Å². The van der Waals surface area contributed by atoms with Crippen LogP contribution in [0.25, 0.3) is 11.1 Å². The molecule has 0 spiro atoms. The first-order valence-electron chi connectivity index (χ1n) is 4.15. The molecule has 2 rings (SSSR count). The van der Waals surface area contributed by atoms with Crippen molar-refractivity contribution in [3.63, 3.8) is 0 Å². The number of nitrogens with two attached hydrogens (primary N) is 1. The topological polar surface area (TPSA) is 52.0 Å². The van der Waals surface area contributed by atoms with E-state index in [4.69, 9.17) is 10.3 Å². The van der Waals surface area contributed by atoms with Crippen LogP contribution in [0.5, 0.6) is 0 Å². The van der Waals surface area contributed by atoms with Crippen LogP contribution in [0, 0.1) is 6.92 Å². The SMILES string of the molecule is Cc1ccc(Br)cc1-c1cnoc1N. The van der Waals surface area contributed by atoms with Crippen molar-refractivity contribution >= 4 is 21.8 Å². The van der Waals surface area contributed by atoms with Gasteiger partial charge in [-0.15, -0.1) is 0 Å². The van der Waals surface area contributed by atoms with E-state index in [2.05, 4.69) is 21.1 Å². The van der Waals surface area contributed by atoms with E-state index in [0.717, 1.165) is 21.2 Å². The summed E-state index contributed by atoms with van der Waals surface area (Å²) >= 11 is 3.41. The third kappa shape index (κ3) is 1.53. The maximum atomic E-state index is 5.65.